The first-order valence-corrected chi connectivity index (χ1v) is 15.2. The highest BCUT2D eigenvalue weighted by atomic mass is 35.5. The number of hydrogen-bond acceptors (Lipinski definition) is 5. The van der Waals surface area contributed by atoms with Gasteiger partial charge in [-0.3, -0.25) is 19.1 Å². The minimum atomic E-state index is -4.96. The molecule has 14 heteroatoms. The predicted molar refractivity (Wildman–Crippen MR) is 173 cm³/mol. The Hall–Kier alpha value is -6.08. The molecule has 1 aromatic heterocycles. The summed E-state index contributed by atoms with van der Waals surface area (Å²) in [6.07, 6.45) is -4.96. The number of anilines is 2. The van der Waals surface area contributed by atoms with Gasteiger partial charge >= 0.3 is 6.18 Å². The van der Waals surface area contributed by atoms with Crippen molar-refractivity contribution in [3.63, 3.8) is 0 Å². The summed E-state index contributed by atoms with van der Waals surface area (Å²) in [5, 5.41) is 7.16. The third-order valence-electron chi connectivity index (χ3n) is 8.42. The number of ether oxygens (including phenoxy) is 1. The molecular formula is C36H18ClF5N4O4. The minimum absolute atomic E-state index is 0.0253. The zero-order valence-corrected chi connectivity index (χ0v) is 25.9. The zero-order valence-electron chi connectivity index (χ0n) is 25.1. The van der Waals surface area contributed by atoms with Gasteiger partial charge in [-0.05, 0) is 59.7 Å². The molecule has 0 saturated carbocycles. The molecule has 2 aliphatic rings. The van der Waals surface area contributed by atoms with Gasteiger partial charge in [-0.2, -0.15) is 18.3 Å². The Kier molecular flexibility index (Phi) is 7.01. The third-order valence-corrected chi connectivity index (χ3v) is 8.74. The molecule has 1 N–H and O–H groups in total. The number of benzene rings is 5. The highest BCUT2D eigenvalue weighted by molar-refractivity contribution is 6.36. The van der Waals surface area contributed by atoms with Gasteiger partial charge in [0.25, 0.3) is 17.7 Å². The Balaban J connectivity index is 1.40. The molecule has 3 heterocycles. The van der Waals surface area contributed by atoms with Crippen LogP contribution in [-0.4, -0.2) is 27.5 Å². The number of carbonyl (C=O) groups is 3. The summed E-state index contributed by atoms with van der Waals surface area (Å²) in [4.78, 5) is 42.0. The normalized spacial score (nSPS) is 13.4. The van der Waals surface area contributed by atoms with E-state index < -0.39 is 46.7 Å². The lowest BCUT2D eigenvalue weighted by molar-refractivity contribution is -0.137. The molecule has 50 heavy (non-hydrogen) atoms. The van der Waals surface area contributed by atoms with Crippen molar-refractivity contribution in [2.24, 2.45) is 0 Å². The summed E-state index contributed by atoms with van der Waals surface area (Å²) in [5.74, 6) is -5.29. The maximum atomic E-state index is 14.5. The SMILES string of the molecule is O=C(Nc1cc2c3c(c(N4C(=O)c5ccccc5C4=O)nn3Cc3ccccc3-2)c1Oc1cc(F)ccc1Cl)c1cc(F)cc(C(F)(F)F)c1. The van der Waals surface area contributed by atoms with Crippen molar-refractivity contribution in [3.05, 3.63) is 135 Å². The van der Waals surface area contributed by atoms with E-state index in [2.05, 4.69) is 10.4 Å². The van der Waals surface area contributed by atoms with Crippen LogP contribution in [0.15, 0.2) is 91.0 Å². The van der Waals surface area contributed by atoms with Gasteiger partial charge in [-0.25, -0.2) is 13.7 Å². The van der Waals surface area contributed by atoms with Crippen molar-refractivity contribution in [3.8, 4) is 22.6 Å². The number of hydrogen-bond donors (Lipinski definition) is 1. The molecule has 0 saturated heterocycles. The van der Waals surface area contributed by atoms with E-state index in [1.165, 1.54) is 24.3 Å². The predicted octanol–water partition coefficient (Wildman–Crippen LogP) is 8.86. The topological polar surface area (TPSA) is 93.5 Å². The number of aromatic nitrogens is 2. The number of nitrogens with zero attached hydrogens (tertiary/aromatic N) is 3. The molecule has 0 spiro atoms. The highest BCUT2D eigenvalue weighted by Crippen LogP contribution is 2.50. The fraction of sp³-hybridized carbons (Fsp3) is 0.0556. The summed E-state index contributed by atoms with van der Waals surface area (Å²) in [6, 6.07) is 19.4. The molecule has 2 aliphatic heterocycles. The standard InChI is InChI=1S/C36H18ClF5N4O4/c37-26-10-9-20(38)14-28(26)50-31-27(43-33(47)18-11-19(36(40,41)42)13-21(39)12-18)15-25-22-6-2-1-5-17(22)16-45-30(25)29(31)32(44-45)46-34(48)23-7-3-4-8-24(23)35(46)49/h1-15H,16H2,(H,43,47). The molecule has 6 aromatic rings. The molecule has 0 aliphatic carbocycles. The molecule has 0 atom stereocenters. The Morgan fingerprint density at radius 1 is 0.820 bits per heavy atom. The molecule has 0 radical (unpaired) electrons. The van der Waals surface area contributed by atoms with Crippen molar-refractivity contribution in [1.82, 2.24) is 9.78 Å². The summed E-state index contributed by atoms with van der Waals surface area (Å²) < 4.78 is 77.3. The second kappa shape index (κ2) is 11.2. The minimum Gasteiger partial charge on any atom is -0.453 e. The molecule has 0 unspecified atom stereocenters. The molecule has 5 aromatic carbocycles. The van der Waals surface area contributed by atoms with E-state index in [4.69, 9.17) is 16.3 Å². The largest absolute Gasteiger partial charge is 0.453 e. The van der Waals surface area contributed by atoms with Gasteiger partial charge in [0.05, 0.1) is 44.8 Å². The van der Waals surface area contributed by atoms with E-state index in [-0.39, 0.29) is 57.2 Å². The Labute approximate surface area is 283 Å². The van der Waals surface area contributed by atoms with E-state index in [1.54, 1.807) is 35.0 Å². The van der Waals surface area contributed by atoms with Crippen molar-refractivity contribution in [1.29, 1.82) is 0 Å². The molecule has 0 bridgehead atoms. The number of rotatable bonds is 5. The molecule has 0 fully saturated rings. The van der Waals surface area contributed by atoms with Gasteiger partial charge in [0.15, 0.2) is 11.6 Å². The van der Waals surface area contributed by atoms with E-state index in [9.17, 15) is 36.3 Å². The van der Waals surface area contributed by atoms with Crippen molar-refractivity contribution >= 4 is 51.7 Å². The quantitative estimate of drug-likeness (QED) is 0.143. The fourth-order valence-corrected chi connectivity index (χ4v) is 6.38. The number of alkyl halides is 3. The van der Waals surface area contributed by atoms with Gasteiger partial charge in [0, 0.05) is 17.2 Å². The summed E-state index contributed by atoms with van der Waals surface area (Å²) >= 11 is 6.38. The van der Waals surface area contributed by atoms with E-state index in [0.717, 1.165) is 22.6 Å². The van der Waals surface area contributed by atoms with E-state index in [1.807, 2.05) is 6.07 Å². The van der Waals surface area contributed by atoms with Gasteiger partial charge < -0.3 is 10.1 Å². The van der Waals surface area contributed by atoms with Crippen LogP contribution < -0.4 is 15.0 Å². The summed E-state index contributed by atoms with van der Waals surface area (Å²) in [7, 11) is 0. The second-order valence-corrected chi connectivity index (χ2v) is 11.9. The van der Waals surface area contributed by atoms with Crippen LogP contribution in [0.5, 0.6) is 11.5 Å². The third kappa shape index (κ3) is 4.96. The monoisotopic (exact) mass is 700 g/mol. The first-order valence-electron chi connectivity index (χ1n) is 14.8. The smallest absolute Gasteiger partial charge is 0.416 e. The van der Waals surface area contributed by atoms with E-state index in [0.29, 0.717) is 28.8 Å². The van der Waals surface area contributed by atoms with Crippen LogP contribution in [0.4, 0.5) is 33.5 Å². The average molecular weight is 701 g/mol. The lowest BCUT2D eigenvalue weighted by atomic mass is 9.93. The molecule has 8 rings (SSSR count). The van der Waals surface area contributed by atoms with Gasteiger partial charge in [0.2, 0.25) is 0 Å². The van der Waals surface area contributed by atoms with E-state index >= 15 is 0 Å². The lowest BCUT2D eigenvalue weighted by Crippen LogP contribution is -2.30. The van der Waals surface area contributed by atoms with Crippen LogP contribution in [0.1, 0.15) is 42.2 Å². The van der Waals surface area contributed by atoms with Crippen LogP contribution in [0.2, 0.25) is 5.02 Å². The van der Waals surface area contributed by atoms with Crippen molar-refractivity contribution in [2.45, 2.75) is 12.7 Å². The first-order chi connectivity index (χ1) is 23.9. The fourth-order valence-electron chi connectivity index (χ4n) is 6.23. The van der Waals surface area contributed by atoms with Gasteiger partial charge in [0.1, 0.15) is 17.4 Å². The molecular weight excluding hydrogens is 683 g/mol. The second-order valence-electron chi connectivity index (χ2n) is 11.5. The zero-order chi connectivity index (χ0) is 35.1. The van der Waals surface area contributed by atoms with Gasteiger partial charge in [-0.15, -0.1) is 0 Å². The molecule has 3 amide bonds. The first kappa shape index (κ1) is 31.2. The van der Waals surface area contributed by atoms with Crippen LogP contribution in [-0.2, 0) is 12.7 Å². The number of nitrogens with one attached hydrogen (secondary N) is 1. The van der Waals surface area contributed by atoms with Crippen molar-refractivity contribution in [2.75, 3.05) is 10.2 Å². The highest BCUT2D eigenvalue weighted by Gasteiger charge is 2.41. The number of fused-ring (bicyclic) bond motifs is 3. The van der Waals surface area contributed by atoms with Gasteiger partial charge in [-0.1, -0.05) is 48.0 Å². The maximum Gasteiger partial charge on any atom is 0.416 e. The number of carbonyl (C=O) groups excluding carboxylic acids is 3. The van der Waals surface area contributed by atoms with Crippen molar-refractivity contribution < 1.29 is 41.1 Å². The lowest BCUT2D eigenvalue weighted by Gasteiger charge is -2.22. The molecule has 8 nitrogen and oxygen atoms in total. The van der Waals surface area contributed by atoms with Crippen LogP contribution >= 0.6 is 11.6 Å². The Morgan fingerprint density at radius 3 is 2.20 bits per heavy atom. The van der Waals surface area contributed by atoms with Crippen LogP contribution in [0, 0.1) is 11.6 Å². The Morgan fingerprint density at radius 2 is 1.50 bits per heavy atom. The number of amides is 3. The van der Waals surface area contributed by atoms with Crippen LogP contribution in [0.25, 0.3) is 22.0 Å². The molecule has 248 valence electrons. The summed E-state index contributed by atoms with van der Waals surface area (Å²) in [6.45, 7) is 0.193. The summed E-state index contributed by atoms with van der Waals surface area (Å²) in [5.41, 5.74) is 0.241. The number of imide groups is 1. The maximum absolute atomic E-state index is 14.5. The average Bonchev–Trinajstić information content (AvgIpc) is 3.57. The Bertz CT molecular complexity index is 2440. The number of halogens is 6. The van der Waals surface area contributed by atoms with Crippen LogP contribution in [0.3, 0.4) is 0 Å².